The van der Waals surface area contributed by atoms with Crippen molar-refractivity contribution in [2.45, 2.75) is 89.1 Å². The zero-order valence-corrected chi connectivity index (χ0v) is 22.5. The van der Waals surface area contributed by atoms with Crippen molar-refractivity contribution >= 4 is 11.8 Å². The van der Waals surface area contributed by atoms with Gasteiger partial charge in [0, 0.05) is 30.1 Å². The zero-order chi connectivity index (χ0) is 27.2. The molecule has 0 bridgehead atoms. The smallest absolute Gasteiger partial charge is 0.247 e. The van der Waals surface area contributed by atoms with Crippen molar-refractivity contribution < 1.29 is 34.4 Å². The molecule has 9 heteroatoms. The van der Waals surface area contributed by atoms with Crippen LogP contribution in [0.25, 0.3) is 0 Å². The summed E-state index contributed by atoms with van der Waals surface area (Å²) in [4.78, 5) is 28.9. The molecule has 0 saturated heterocycles. The minimum Gasteiger partial charge on any atom is -0.493 e. The Kier molecular flexibility index (Phi) is 9.68. The Morgan fingerprint density at radius 3 is 2.58 bits per heavy atom. The second kappa shape index (κ2) is 13.0. The number of carbonyl (C=O) groups is 2. The van der Waals surface area contributed by atoms with E-state index >= 15 is 0 Å². The molecule has 1 aliphatic heterocycles. The normalized spacial score (nSPS) is 24.3. The molecule has 0 aromatic heterocycles. The third-order valence-electron chi connectivity index (χ3n) is 8.09. The number of hydrogen-bond acceptors (Lipinski definition) is 7. The molecule has 4 N–H and O–H groups in total. The molecule has 4 rings (SSSR count). The minimum absolute atomic E-state index is 0.0310. The standard InChI is InChI=1S/C29H42N2O7/c1-3-4-5-8-12-31(29(36)19-9-6-7-10-19)22-16-21(28(35)30-11-13-32)24-20-14-18(17-33)15-23(37-2)26(20)38-27(24)25(22)34/h14-16,19,22,24-25,27,32-34H,3-13,17H2,1-2H3,(H,30,35). The summed E-state index contributed by atoms with van der Waals surface area (Å²) >= 11 is 0. The molecule has 0 radical (unpaired) electrons. The highest BCUT2D eigenvalue weighted by Crippen LogP contribution is 2.51. The second-order valence-electron chi connectivity index (χ2n) is 10.6. The van der Waals surface area contributed by atoms with Crippen molar-refractivity contribution in [3.05, 3.63) is 34.9 Å². The number of benzene rings is 1. The van der Waals surface area contributed by atoms with Gasteiger partial charge in [-0.3, -0.25) is 9.59 Å². The number of hydrogen-bond donors (Lipinski definition) is 4. The number of aliphatic hydroxyl groups excluding tert-OH is 3. The predicted molar refractivity (Wildman–Crippen MR) is 142 cm³/mol. The first-order valence-corrected chi connectivity index (χ1v) is 14.0. The molecule has 4 atom stereocenters. The number of fused-ring (bicyclic) bond motifs is 3. The Morgan fingerprint density at radius 2 is 1.92 bits per heavy atom. The van der Waals surface area contributed by atoms with E-state index in [-0.39, 0.29) is 37.5 Å². The van der Waals surface area contributed by atoms with Crippen LogP contribution in [0.3, 0.4) is 0 Å². The number of amides is 2. The maximum Gasteiger partial charge on any atom is 0.247 e. The first-order valence-electron chi connectivity index (χ1n) is 14.0. The number of rotatable bonds is 12. The van der Waals surface area contributed by atoms with Crippen LogP contribution in [0.4, 0.5) is 0 Å². The maximum absolute atomic E-state index is 13.8. The Hall–Kier alpha value is -2.62. The molecule has 1 heterocycles. The molecule has 1 aromatic rings. The summed E-state index contributed by atoms with van der Waals surface area (Å²) in [5, 5.41) is 33.6. The number of methoxy groups -OCH3 is 1. The minimum atomic E-state index is -1.07. The van der Waals surface area contributed by atoms with Crippen LogP contribution in [-0.2, 0) is 16.2 Å². The summed E-state index contributed by atoms with van der Waals surface area (Å²) < 4.78 is 11.8. The van der Waals surface area contributed by atoms with Crippen molar-refractivity contribution in [3.8, 4) is 11.5 Å². The zero-order valence-electron chi connectivity index (χ0n) is 22.5. The van der Waals surface area contributed by atoms with Gasteiger partial charge in [-0.2, -0.15) is 0 Å². The fourth-order valence-electron chi connectivity index (χ4n) is 6.14. The average Bonchev–Trinajstić information content (AvgIpc) is 3.61. The van der Waals surface area contributed by atoms with E-state index in [2.05, 4.69) is 12.2 Å². The van der Waals surface area contributed by atoms with Crippen molar-refractivity contribution in [2.75, 3.05) is 26.8 Å². The van der Waals surface area contributed by atoms with Gasteiger partial charge in [-0.15, -0.1) is 0 Å². The average molecular weight is 531 g/mol. The lowest BCUT2D eigenvalue weighted by Crippen LogP contribution is -2.56. The summed E-state index contributed by atoms with van der Waals surface area (Å²) in [6.07, 6.45) is 7.52. The highest BCUT2D eigenvalue weighted by atomic mass is 16.5. The van der Waals surface area contributed by atoms with Crippen molar-refractivity contribution in [3.63, 3.8) is 0 Å². The van der Waals surface area contributed by atoms with Gasteiger partial charge in [0.15, 0.2) is 11.5 Å². The molecule has 4 unspecified atom stereocenters. The Labute approximate surface area is 224 Å². The lowest BCUT2D eigenvalue weighted by molar-refractivity contribution is -0.141. The summed E-state index contributed by atoms with van der Waals surface area (Å²) in [6, 6.07) is 2.73. The molecule has 2 amide bonds. The van der Waals surface area contributed by atoms with E-state index in [0.717, 1.165) is 51.4 Å². The van der Waals surface area contributed by atoms with E-state index in [1.807, 2.05) is 0 Å². The van der Waals surface area contributed by atoms with Gasteiger partial charge < -0.3 is 35.0 Å². The molecule has 9 nitrogen and oxygen atoms in total. The van der Waals surface area contributed by atoms with Gasteiger partial charge in [0.1, 0.15) is 12.2 Å². The van der Waals surface area contributed by atoms with E-state index in [4.69, 9.17) is 9.47 Å². The molecular weight excluding hydrogens is 488 g/mol. The predicted octanol–water partition coefficient (Wildman–Crippen LogP) is 2.41. The van der Waals surface area contributed by atoms with E-state index in [9.17, 15) is 24.9 Å². The molecular formula is C29H42N2O7. The van der Waals surface area contributed by atoms with E-state index in [1.54, 1.807) is 23.1 Å². The monoisotopic (exact) mass is 530 g/mol. The Morgan fingerprint density at radius 1 is 1.16 bits per heavy atom. The van der Waals surface area contributed by atoms with Crippen LogP contribution in [0.15, 0.2) is 23.8 Å². The van der Waals surface area contributed by atoms with Crippen LogP contribution in [0.2, 0.25) is 0 Å². The third kappa shape index (κ3) is 5.70. The summed E-state index contributed by atoms with van der Waals surface area (Å²) in [6.45, 7) is 2.29. The van der Waals surface area contributed by atoms with Gasteiger partial charge in [-0.05, 0) is 43.0 Å². The van der Waals surface area contributed by atoms with Crippen LogP contribution in [0.5, 0.6) is 11.5 Å². The number of aliphatic hydroxyl groups is 3. The highest BCUT2D eigenvalue weighted by Gasteiger charge is 2.51. The molecule has 1 aromatic carbocycles. The first-order chi connectivity index (χ1) is 18.4. The van der Waals surface area contributed by atoms with Crippen LogP contribution in [-0.4, -0.2) is 77.1 Å². The lowest BCUT2D eigenvalue weighted by Gasteiger charge is -2.41. The van der Waals surface area contributed by atoms with Crippen molar-refractivity contribution in [2.24, 2.45) is 5.92 Å². The second-order valence-corrected chi connectivity index (χ2v) is 10.6. The Balaban J connectivity index is 1.75. The number of unbranched alkanes of at least 4 members (excludes halogenated alkanes) is 3. The number of nitrogens with one attached hydrogen (secondary N) is 1. The molecule has 1 saturated carbocycles. The van der Waals surface area contributed by atoms with Gasteiger partial charge in [0.05, 0.1) is 32.3 Å². The van der Waals surface area contributed by atoms with Gasteiger partial charge in [-0.25, -0.2) is 0 Å². The first kappa shape index (κ1) is 28.4. The SMILES string of the molecule is CCCCCCN(C(=O)C1CCCC1)C1C=C(C(=O)NCCO)C2c3cc(CO)cc(OC)c3OC2C1O. The fourth-order valence-corrected chi connectivity index (χ4v) is 6.14. The summed E-state index contributed by atoms with van der Waals surface area (Å²) in [7, 11) is 1.50. The number of carbonyl (C=O) groups excluding carboxylic acids is 2. The van der Waals surface area contributed by atoms with Crippen molar-refractivity contribution in [1.82, 2.24) is 10.2 Å². The molecule has 2 aliphatic carbocycles. The summed E-state index contributed by atoms with van der Waals surface area (Å²) in [5.41, 5.74) is 1.64. The highest BCUT2D eigenvalue weighted by molar-refractivity contribution is 5.96. The van der Waals surface area contributed by atoms with Crippen LogP contribution in [0, 0.1) is 5.92 Å². The van der Waals surface area contributed by atoms with E-state index in [1.165, 1.54) is 7.11 Å². The molecule has 0 spiro atoms. The van der Waals surface area contributed by atoms with Gasteiger partial charge in [-0.1, -0.05) is 39.0 Å². The third-order valence-corrected chi connectivity index (χ3v) is 8.09. The largest absolute Gasteiger partial charge is 0.493 e. The van der Waals surface area contributed by atoms with Crippen LogP contribution >= 0.6 is 0 Å². The van der Waals surface area contributed by atoms with E-state index in [0.29, 0.717) is 34.7 Å². The van der Waals surface area contributed by atoms with Gasteiger partial charge in [0.25, 0.3) is 0 Å². The van der Waals surface area contributed by atoms with Crippen molar-refractivity contribution in [1.29, 1.82) is 0 Å². The van der Waals surface area contributed by atoms with Crippen LogP contribution in [0.1, 0.15) is 75.3 Å². The summed E-state index contributed by atoms with van der Waals surface area (Å²) in [5.74, 6) is -0.187. The molecule has 38 heavy (non-hydrogen) atoms. The van der Waals surface area contributed by atoms with Gasteiger partial charge >= 0.3 is 0 Å². The quantitative estimate of drug-likeness (QED) is 0.306. The van der Waals surface area contributed by atoms with Gasteiger partial charge in [0.2, 0.25) is 11.8 Å². The molecule has 1 fully saturated rings. The van der Waals surface area contributed by atoms with E-state index < -0.39 is 24.2 Å². The Bertz CT molecular complexity index is 1020. The lowest BCUT2D eigenvalue weighted by atomic mass is 9.77. The number of nitrogens with zero attached hydrogens (tertiary/aromatic N) is 1. The van der Waals surface area contributed by atoms with Crippen LogP contribution < -0.4 is 14.8 Å². The molecule has 210 valence electrons. The maximum atomic E-state index is 13.8. The number of ether oxygens (including phenoxy) is 2. The topological polar surface area (TPSA) is 129 Å². The molecule has 3 aliphatic rings. The fraction of sp³-hybridized carbons (Fsp3) is 0.655.